The van der Waals surface area contributed by atoms with E-state index < -0.39 is 28.6 Å². The van der Waals surface area contributed by atoms with Crippen LogP contribution in [0.1, 0.15) is 17.3 Å². The number of sulfonamides is 1. The Kier molecular flexibility index (Phi) is 4.95. The highest BCUT2D eigenvalue weighted by molar-refractivity contribution is 7.89. The predicted octanol–water partition coefficient (Wildman–Crippen LogP) is 2.53. The maximum Gasteiger partial charge on any atom is 0.265 e. The van der Waals surface area contributed by atoms with Gasteiger partial charge >= 0.3 is 0 Å². The van der Waals surface area contributed by atoms with Gasteiger partial charge in [-0.25, -0.2) is 13.4 Å². The third-order valence-electron chi connectivity index (χ3n) is 4.70. The Morgan fingerprint density at radius 3 is 2.66 bits per heavy atom. The van der Waals surface area contributed by atoms with Crippen LogP contribution in [0, 0.1) is 6.92 Å². The number of carbonyl (C=O) groups is 1. The fourth-order valence-corrected chi connectivity index (χ4v) is 4.67. The molecule has 0 N–H and O–H groups in total. The van der Waals surface area contributed by atoms with Gasteiger partial charge < -0.3 is 0 Å². The molecule has 0 spiro atoms. The van der Waals surface area contributed by atoms with Crippen molar-refractivity contribution in [2.24, 2.45) is 4.99 Å². The number of carbonyl (C=O) groups excluding carboxylic acids is 1. The second-order valence-corrected chi connectivity index (χ2v) is 8.50. The van der Waals surface area contributed by atoms with Gasteiger partial charge in [0.05, 0.1) is 17.2 Å². The minimum absolute atomic E-state index is 0.0994. The quantitative estimate of drug-likeness (QED) is 0.705. The molecule has 1 fully saturated rings. The number of hydrogen-bond donors (Lipinski definition) is 0. The van der Waals surface area contributed by atoms with Crippen LogP contribution in [-0.2, 0) is 19.7 Å². The van der Waals surface area contributed by atoms with E-state index in [0.717, 1.165) is 9.98 Å². The van der Waals surface area contributed by atoms with Crippen molar-refractivity contribution in [3.05, 3.63) is 72.3 Å². The second-order valence-electron chi connectivity index (χ2n) is 6.66. The largest absolute Gasteiger partial charge is 0.271 e. The molecule has 150 valence electrons. The van der Waals surface area contributed by atoms with E-state index in [9.17, 15) is 13.2 Å². The molecule has 2 aromatic rings. The van der Waals surface area contributed by atoms with E-state index >= 15 is 0 Å². The average Bonchev–Trinajstić information content (AvgIpc) is 2.72. The fourth-order valence-electron chi connectivity index (χ4n) is 3.28. The van der Waals surface area contributed by atoms with Gasteiger partial charge in [0.15, 0.2) is 6.17 Å². The van der Waals surface area contributed by atoms with E-state index in [0.29, 0.717) is 11.3 Å². The summed E-state index contributed by atoms with van der Waals surface area (Å²) in [5.41, 5.74) is 2.24. The molecule has 2 aromatic carbocycles. The van der Waals surface area contributed by atoms with Crippen LogP contribution in [-0.4, -0.2) is 48.3 Å². The van der Waals surface area contributed by atoms with E-state index in [4.69, 9.17) is 4.84 Å². The molecular weight excluding hydrogens is 392 g/mol. The number of hydroxylamine groups is 2. The van der Waals surface area contributed by atoms with Gasteiger partial charge in [-0.2, -0.15) is 5.06 Å². The Hall–Kier alpha value is -3.01. The van der Waals surface area contributed by atoms with Crippen LogP contribution >= 0.6 is 0 Å². The normalized spacial score (nSPS) is 19.1. The Labute approximate surface area is 169 Å². The highest BCUT2D eigenvalue weighted by Gasteiger charge is 2.47. The van der Waals surface area contributed by atoms with Crippen molar-refractivity contribution in [1.82, 2.24) is 14.5 Å². The zero-order chi connectivity index (χ0) is 20.6. The summed E-state index contributed by atoms with van der Waals surface area (Å²) in [6.45, 7) is 5.19. The maximum absolute atomic E-state index is 13.3. The molecule has 9 heteroatoms. The molecule has 0 bridgehead atoms. The molecule has 2 aliphatic rings. The van der Waals surface area contributed by atoms with Crippen molar-refractivity contribution in [2.45, 2.75) is 18.0 Å². The van der Waals surface area contributed by atoms with Gasteiger partial charge in [0.25, 0.3) is 15.9 Å². The van der Waals surface area contributed by atoms with Crippen LogP contribution in [0.5, 0.6) is 0 Å². The Morgan fingerprint density at radius 1 is 1.21 bits per heavy atom. The number of aryl methyl sites for hydroxylation is 1. The zero-order valence-electron chi connectivity index (χ0n) is 15.8. The van der Waals surface area contributed by atoms with Crippen LogP contribution in [0.2, 0.25) is 0 Å². The van der Waals surface area contributed by atoms with Crippen LogP contribution in [0.25, 0.3) is 0 Å². The summed E-state index contributed by atoms with van der Waals surface area (Å²) in [4.78, 5) is 23.0. The Bertz CT molecular complexity index is 1080. The number of rotatable bonds is 5. The highest BCUT2D eigenvalue weighted by atomic mass is 32.2. The number of fused-ring (bicyclic) bond motifs is 3. The minimum Gasteiger partial charge on any atom is -0.271 e. The molecule has 0 radical (unpaired) electrons. The summed E-state index contributed by atoms with van der Waals surface area (Å²) in [7, 11) is -3.98. The summed E-state index contributed by atoms with van der Waals surface area (Å²) in [6.07, 6.45) is 2.14. The van der Waals surface area contributed by atoms with Gasteiger partial charge in [-0.15, -0.1) is 6.58 Å². The first-order valence-corrected chi connectivity index (χ1v) is 10.4. The molecule has 1 amide bonds. The van der Waals surface area contributed by atoms with Gasteiger partial charge in [0.1, 0.15) is 12.9 Å². The lowest BCUT2D eigenvalue weighted by Gasteiger charge is -2.47. The van der Waals surface area contributed by atoms with Crippen LogP contribution in [0.4, 0.5) is 5.69 Å². The summed E-state index contributed by atoms with van der Waals surface area (Å²) >= 11 is 0. The average molecular weight is 412 g/mol. The molecule has 2 heterocycles. The summed E-state index contributed by atoms with van der Waals surface area (Å²) in [5, 5.41) is 2.61. The topological polar surface area (TPSA) is 82.5 Å². The van der Waals surface area contributed by atoms with Crippen molar-refractivity contribution in [3.63, 3.8) is 0 Å². The van der Waals surface area contributed by atoms with E-state index in [2.05, 4.69) is 11.6 Å². The zero-order valence-corrected chi connectivity index (χ0v) is 16.6. The molecule has 4 rings (SSSR count). The van der Waals surface area contributed by atoms with Gasteiger partial charge in [0.2, 0.25) is 0 Å². The van der Waals surface area contributed by atoms with Crippen LogP contribution < -0.4 is 0 Å². The molecule has 1 unspecified atom stereocenters. The first-order chi connectivity index (χ1) is 13.9. The third kappa shape index (κ3) is 3.33. The molecule has 1 saturated heterocycles. The molecule has 1 atom stereocenters. The molecule has 2 aliphatic heterocycles. The molecular formula is C20H20N4O4S. The first-order valence-electron chi connectivity index (χ1n) is 9.00. The number of hydrazine groups is 1. The number of hydrogen-bond acceptors (Lipinski definition) is 6. The molecule has 8 nitrogen and oxygen atoms in total. The van der Waals surface area contributed by atoms with Gasteiger partial charge in [-0.05, 0) is 25.1 Å². The minimum atomic E-state index is -3.98. The van der Waals surface area contributed by atoms with Gasteiger partial charge in [-0.1, -0.05) is 46.4 Å². The number of benzene rings is 2. The van der Waals surface area contributed by atoms with Crippen molar-refractivity contribution in [1.29, 1.82) is 0 Å². The number of aliphatic imine (C=N–C) groups is 1. The molecule has 0 aromatic heterocycles. The van der Waals surface area contributed by atoms with Crippen LogP contribution in [0.15, 0.2) is 71.1 Å². The molecule has 0 saturated carbocycles. The van der Waals surface area contributed by atoms with E-state index in [-0.39, 0.29) is 11.5 Å². The molecule has 0 aliphatic carbocycles. The predicted molar refractivity (Wildman–Crippen MR) is 107 cm³/mol. The van der Waals surface area contributed by atoms with Crippen molar-refractivity contribution >= 4 is 28.0 Å². The highest BCUT2D eigenvalue weighted by Crippen LogP contribution is 2.40. The lowest BCUT2D eigenvalue weighted by Crippen LogP contribution is -2.62. The van der Waals surface area contributed by atoms with E-state index in [1.807, 2.05) is 13.0 Å². The van der Waals surface area contributed by atoms with Crippen molar-refractivity contribution in [3.8, 4) is 0 Å². The van der Waals surface area contributed by atoms with Crippen LogP contribution in [0.3, 0.4) is 0 Å². The smallest absolute Gasteiger partial charge is 0.265 e. The van der Waals surface area contributed by atoms with E-state index in [1.165, 1.54) is 34.6 Å². The second kappa shape index (κ2) is 7.43. The van der Waals surface area contributed by atoms with Crippen molar-refractivity contribution in [2.75, 3.05) is 13.2 Å². The summed E-state index contributed by atoms with van der Waals surface area (Å²) in [5.74, 6) is -0.478. The third-order valence-corrected chi connectivity index (χ3v) is 6.44. The van der Waals surface area contributed by atoms with Crippen molar-refractivity contribution < 1.29 is 18.0 Å². The monoisotopic (exact) mass is 412 g/mol. The Balaban J connectivity index is 1.80. The number of para-hydroxylation sites is 1. The lowest BCUT2D eigenvalue weighted by molar-refractivity contribution is -0.238. The Morgan fingerprint density at radius 2 is 1.93 bits per heavy atom. The van der Waals surface area contributed by atoms with Gasteiger partial charge in [0, 0.05) is 5.56 Å². The first kappa shape index (κ1) is 19.3. The summed E-state index contributed by atoms with van der Waals surface area (Å²) in [6, 6.07) is 13.7. The van der Waals surface area contributed by atoms with E-state index in [1.54, 1.807) is 30.3 Å². The van der Waals surface area contributed by atoms with Gasteiger partial charge in [-0.3, -0.25) is 14.6 Å². The lowest BCUT2D eigenvalue weighted by atomic mass is 10.1. The SMILES string of the molecule is C=CCON1C(=O)CN(S(=O)(=O)c2ccc(C)cc2)N2C=Nc3ccccc3C12. The number of amides is 1. The maximum atomic E-state index is 13.3. The standard InChI is InChI=1S/C20H20N4O4S/c1-3-12-28-24-19(25)13-23(29(26,27)16-10-8-15(2)9-11-16)22-14-21-18-7-5-4-6-17(18)20(22)24/h3-11,14,20H,1,12-13H2,2H3. The molecule has 29 heavy (non-hydrogen) atoms. The number of nitrogens with zero attached hydrogens (tertiary/aromatic N) is 4. The summed E-state index contributed by atoms with van der Waals surface area (Å²) < 4.78 is 27.7. The fraction of sp³-hybridized carbons (Fsp3) is 0.200.